The van der Waals surface area contributed by atoms with Crippen molar-refractivity contribution >= 4 is 17.5 Å². The van der Waals surface area contributed by atoms with Gasteiger partial charge in [0.15, 0.2) is 0 Å². The zero-order valence-electron chi connectivity index (χ0n) is 9.92. The molecule has 18 heavy (non-hydrogen) atoms. The van der Waals surface area contributed by atoms with E-state index in [0.717, 1.165) is 0 Å². The van der Waals surface area contributed by atoms with Gasteiger partial charge in [-0.05, 0) is 6.92 Å². The number of ether oxygens (including phenoxy) is 1. The first-order valence-corrected chi connectivity index (χ1v) is 5.46. The molecule has 2 rings (SSSR count). The number of aromatic nitrogens is 2. The van der Waals surface area contributed by atoms with E-state index in [4.69, 9.17) is 10.6 Å². The number of hydrogen-bond acceptors (Lipinski definition) is 8. The van der Waals surface area contributed by atoms with Gasteiger partial charge in [-0.1, -0.05) is 0 Å². The molecule has 1 aromatic rings. The van der Waals surface area contributed by atoms with Crippen molar-refractivity contribution in [3.63, 3.8) is 0 Å². The Kier molecular flexibility index (Phi) is 3.53. The molecule has 1 saturated heterocycles. The van der Waals surface area contributed by atoms with Gasteiger partial charge in [-0.15, -0.1) is 0 Å². The van der Waals surface area contributed by atoms with Crippen molar-refractivity contribution < 1.29 is 9.66 Å². The molecule has 3 N–H and O–H groups in total. The molecule has 98 valence electrons. The van der Waals surface area contributed by atoms with E-state index in [9.17, 15) is 10.1 Å². The molecule has 0 saturated carbocycles. The lowest BCUT2D eigenvalue weighted by Crippen LogP contribution is -2.37. The standard InChI is InChI=1S/C9H14N6O3/c1-6-7(15(16)17)8(12-9(11-6)13-10)14-2-4-18-5-3-14/h2-5,10H2,1H3,(H,11,12,13). The molecule has 9 heteroatoms. The molecule has 0 unspecified atom stereocenters. The number of hydrazine groups is 1. The van der Waals surface area contributed by atoms with E-state index in [1.807, 2.05) is 0 Å². The second-order valence-corrected chi connectivity index (χ2v) is 3.81. The van der Waals surface area contributed by atoms with E-state index in [0.29, 0.717) is 26.3 Å². The maximum Gasteiger partial charge on any atom is 0.332 e. The first-order valence-electron chi connectivity index (χ1n) is 5.46. The van der Waals surface area contributed by atoms with E-state index in [1.165, 1.54) is 0 Å². The van der Waals surface area contributed by atoms with Gasteiger partial charge in [0.1, 0.15) is 5.69 Å². The molecule has 0 amide bonds. The normalized spacial score (nSPS) is 15.6. The molecule has 9 nitrogen and oxygen atoms in total. The van der Waals surface area contributed by atoms with E-state index < -0.39 is 4.92 Å². The molecule has 0 bridgehead atoms. The van der Waals surface area contributed by atoms with E-state index in [2.05, 4.69) is 15.4 Å². The lowest BCUT2D eigenvalue weighted by atomic mass is 10.3. The summed E-state index contributed by atoms with van der Waals surface area (Å²) >= 11 is 0. The Labute approximate surface area is 103 Å². The summed E-state index contributed by atoms with van der Waals surface area (Å²) in [5.74, 6) is 5.70. The number of aryl methyl sites for hydroxylation is 1. The van der Waals surface area contributed by atoms with Crippen molar-refractivity contribution in [2.24, 2.45) is 5.84 Å². The zero-order chi connectivity index (χ0) is 13.1. The Morgan fingerprint density at radius 2 is 2.11 bits per heavy atom. The summed E-state index contributed by atoms with van der Waals surface area (Å²) in [6.45, 7) is 3.71. The van der Waals surface area contributed by atoms with Gasteiger partial charge in [0.05, 0.1) is 18.1 Å². The quantitative estimate of drug-likeness (QED) is 0.433. The Hall–Kier alpha value is -2.00. The van der Waals surface area contributed by atoms with E-state index in [-0.39, 0.29) is 23.1 Å². The van der Waals surface area contributed by atoms with Gasteiger partial charge in [-0.25, -0.2) is 10.8 Å². The predicted octanol–water partition coefficient (Wildman–Crippen LogP) is -0.185. The van der Waals surface area contributed by atoms with Gasteiger partial charge < -0.3 is 9.64 Å². The molecule has 0 aliphatic carbocycles. The van der Waals surface area contributed by atoms with Gasteiger partial charge in [-0.2, -0.15) is 4.98 Å². The van der Waals surface area contributed by atoms with Crippen LogP contribution in [0.3, 0.4) is 0 Å². The van der Waals surface area contributed by atoms with Crippen LogP contribution in [0.5, 0.6) is 0 Å². The van der Waals surface area contributed by atoms with Crippen LogP contribution in [0.1, 0.15) is 5.69 Å². The number of anilines is 2. The van der Waals surface area contributed by atoms with Crippen LogP contribution in [0.2, 0.25) is 0 Å². The fourth-order valence-corrected chi connectivity index (χ4v) is 1.83. The third-order valence-corrected chi connectivity index (χ3v) is 2.66. The fourth-order valence-electron chi connectivity index (χ4n) is 1.83. The lowest BCUT2D eigenvalue weighted by molar-refractivity contribution is -0.385. The number of nitrogens with two attached hydrogens (primary N) is 1. The van der Waals surface area contributed by atoms with Crippen LogP contribution in [-0.4, -0.2) is 41.2 Å². The zero-order valence-corrected chi connectivity index (χ0v) is 9.92. The van der Waals surface area contributed by atoms with Crippen molar-refractivity contribution in [1.29, 1.82) is 0 Å². The molecule has 0 spiro atoms. The van der Waals surface area contributed by atoms with Crippen molar-refractivity contribution in [3.8, 4) is 0 Å². The maximum absolute atomic E-state index is 11.1. The average molecular weight is 254 g/mol. The Morgan fingerprint density at radius 1 is 1.44 bits per heavy atom. The highest BCUT2D eigenvalue weighted by Gasteiger charge is 2.27. The van der Waals surface area contributed by atoms with Gasteiger partial charge >= 0.3 is 5.69 Å². The fraction of sp³-hybridized carbons (Fsp3) is 0.556. The molecule has 1 aliphatic heterocycles. The molecule has 1 aliphatic rings. The predicted molar refractivity (Wildman–Crippen MR) is 64.3 cm³/mol. The summed E-state index contributed by atoms with van der Waals surface area (Å²) in [6, 6.07) is 0. The highest BCUT2D eigenvalue weighted by molar-refractivity contribution is 5.62. The van der Waals surface area contributed by atoms with Crippen LogP contribution in [-0.2, 0) is 4.74 Å². The SMILES string of the molecule is Cc1nc(NN)nc(N2CCOCC2)c1[N+](=O)[O-]. The van der Waals surface area contributed by atoms with Gasteiger partial charge in [-0.3, -0.25) is 15.5 Å². The van der Waals surface area contributed by atoms with Crippen molar-refractivity contribution in [1.82, 2.24) is 9.97 Å². The van der Waals surface area contributed by atoms with Gasteiger partial charge in [0, 0.05) is 13.1 Å². The van der Waals surface area contributed by atoms with Crippen LogP contribution < -0.4 is 16.2 Å². The van der Waals surface area contributed by atoms with Gasteiger partial charge in [0.25, 0.3) is 0 Å². The smallest absolute Gasteiger partial charge is 0.332 e. The molecular formula is C9H14N6O3. The third kappa shape index (κ3) is 2.31. The first kappa shape index (κ1) is 12.5. The molecular weight excluding hydrogens is 240 g/mol. The number of nitrogen functional groups attached to an aromatic ring is 1. The highest BCUT2D eigenvalue weighted by atomic mass is 16.6. The number of nitro groups is 1. The topological polar surface area (TPSA) is 119 Å². The summed E-state index contributed by atoms with van der Waals surface area (Å²) in [7, 11) is 0. The van der Waals surface area contributed by atoms with Crippen LogP contribution in [0.15, 0.2) is 0 Å². The molecule has 2 heterocycles. The summed E-state index contributed by atoms with van der Waals surface area (Å²) in [4.78, 5) is 20.4. The molecule has 1 aromatic heterocycles. The summed E-state index contributed by atoms with van der Waals surface area (Å²) in [5.41, 5.74) is 2.51. The number of rotatable bonds is 3. The van der Waals surface area contributed by atoms with Crippen molar-refractivity contribution in [3.05, 3.63) is 15.8 Å². The number of nitrogens with one attached hydrogen (secondary N) is 1. The van der Waals surface area contributed by atoms with Crippen LogP contribution >= 0.6 is 0 Å². The number of morpholine rings is 1. The third-order valence-electron chi connectivity index (χ3n) is 2.66. The minimum atomic E-state index is -0.472. The van der Waals surface area contributed by atoms with Crippen molar-refractivity contribution in [2.45, 2.75) is 6.92 Å². The Balaban J connectivity index is 2.47. The number of hydrogen-bond donors (Lipinski definition) is 2. The molecule has 0 radical (unpaired) electrons. The second kappa shape index (κ2) is 5.10. The summed E-state index contributed by atoms with van der Waals surface area (Å²) < 4.78 is 5.21. The largest absolute Gasteiger partial charge is 0.378 e. The monoisotopic (exact) mass is 254 g/mol. The summed E-state index contributed by atoms with van der Waals surface area (Å²) in [6.07, 6.45) is 0. The van der Waals surface area contributed by atoms with Gasteiger partial charge in [0.2, 0.25) is 11.8 Å². The minimum absolute atomic E-state index is 0.0871. The maximum atomic E-state index is 11.1. The summed E-state index contributed by atoms with van der Waals surface area (Å²) in [5, 5.41) is 11.1. The van der Waals surface area contributed by atoms with Crippen LogP contribution in [0, 0.1) is 17.0 Å². The molecule has 1 fully saturated rings. The Bertz CT molecular complexity index is 460. The second-order valence-electron chi connectivity index (χ2n) is 3.81. The Morgan fingerprint density at radius 3 is 2.67 bits per heavy atom. The van der Waals surface area contributed by atoms with Crippen LogP contribution in [0.25, 0.3) is 0 Å². The van der Waals surface area contributed by atoms with E-state index >= 15 is 0 Å². The first-order chi connectivity index (χ1) is 8.63. The molecule has 0 atom stereocenters. The molecule has 0 aromatic carbocycles. The van der Waals surface area contributed by atoms with Crippen LogP contribution in [0.4, 0.5) is 17.5 Å². The highest BCUT2D eigenvalue weighted by Crippen LogP contribution is 2.29. The number of nitrogens with zero attached hydrogens (tertiary/aromatic N) is 4. The lowest BCUT2D eigenvalue weighted by Gasteiger charge is -2.27. The minimum Gasteiger partial charge on any atom is -0.378 e. The van der Waals surface area contributed by atoms with Crippen molar-refractivity contribution in [2.75, 3.05) is 36.6 Å². The average Bonchev–Trinajstić information content (AvgIpc) is 2.38. The van der Waals surface area contributed by atoms with E-state index in [1.54, 1.807) is 11.8 Å².